The second-order valence-corrected chi connectivity index (χ2v) is 7.45. The first kappa shape index (κ1) is 16.8. The van der Waals surface area contributed by atoms with E-state index in [-0.39, 0.29) is 0 Å². The van der Waals surface area contributed by atoms with Gasteiger partial charge in [0.25, 0.3) is 0 Å². The summed E-state index contributed by atoms with van der Waals surface area (Å²) in [6.07, 6.45) is 4.35. The molecule has 1 atom stereocenters. The largest absolute Gasteiger partial charge is 0.493 e. The third kappa shape index (κ3) is 3.73. The lowest BCUT2D eigenvalue weighted by atomic mass is 9.86. The average molecular weight is 381 g/mol. The molecule has 0 radical (unpaired) electrons. The number of benzene rings is 1. The van der Waals surface area contributed by atoms with Gasteiger partial charge in [0.1, 0.15) is 6.61 Å². The van der Waals surface area contributed by atoms with Crippen molar-refractivity contribution in [2.75, 3.05) is 39.9 Å². The lowest BCUT2D eigenvalue weighted by Crippen LogP contribution is -2.28. The van der Waals surface area contributed by atoms with E-state index in [1.165, 1.54) is 44.6 Å². The molecule has 5 heteroatoms. The van der Waals surface area contributed by atoms with Crippen LogP contribution in [0.2, 0.25) is 0 Å². The van der Waals surface area contributed by atoms with Gasteiger partial charge in [0.2, 0.25) is 0 Å². The lowest BCUT2D eigenvalue weighted by molar-refractivity contribution is 0.268. The molecule has 1 spiro atoms. The maximum absolute atomic E-state index is 5.70. The molecule has 23 heavy (non-hydrogen) atoms. The number of nitrogens with zero attached hydrogens (tertiary/aromatic N) is 1. The van der Waals surface area contributed by atoms with Gasteiger partial charge in [-0.05, 0) is 65.0 Å². The van der Waals surface area contributed by atoms with Crippen LogP contribution in [-0.4, -0.2) is 44.8 Å². The molecule has 0 aromatic heterocycles. The maximum atomic E-state index is 5.70. The molecule has 1 N–H and O–H groups in total. The van der Waals surface area contributed by atoms with E-state index in [1.54, 1.807) is 13.2 Å². The Labute approximate surface area is 147 Å². The number of hydrogen-bond donors (Lipinski definition) is 1. The second-order valence-electron chi connectivity index (χ2n) is 6.60. The highest BCUT2D eigenvalue weighted by Gasteiger charge is 2.40. The number of halogens is 1. The van der Waals surface area contributed by atoms with Gasteiger partial charge < -0.3 is 14.8 Å². The Morgan fingerprint density at radius 2 is 2.30 bits per heavy atom. The number of rotatable bonds is 6. The average Bonchev–Trinajstić information content (AvgIpc) is 3.16. The van der Waals surface area contributed by atoms with Crippen LogP contribution < -0.4 is 14.8 Å². The van der Waals surface area contributed by atoms with E-state index in [1.807, 2.05) is 0 Å². The fourth-order valence-electron chi connectivity index (χ4n) is 3.71. The van der Waals surface area contributed by atoms with E-state index in [4.69, 9.17) is 9.47 Å². The molecule has 2 saturated heterocycles. The SMILES string of the molecule is C=CCOc1c(Br)cc(CN2CCC3(CCNC3)C2)cc1OC. The van der Waals surface area contributed by atoms with Crippen LogP contribution in [0.4, 0.5) is 0 Å². The van der Waals surface area contributed by atoms with E-state index in [0.29, 0.717) is 12.0 Å². The van der Waals surface area contributed by atoms with E-state index in [9.17, 15) is 0 Å². The standard InChI is InChI=1S/C18H25BrN2O2/c1-3-8-23-17-15(19)9-14(10-16(17)22-2)11-21-7-5-18(13-21)4-6-20-12-18/h3,9-10,20H,1,4-8,11-13H2,2H3. The first-order chi connectivity index (χ1) is 11.2. The fraction of sp³-hybridized carbons (Fsp3) is 0.556. The molecule has 126 valence electrons. The van der Waals surface area contributed by atoms with Gasteiger partial charge in [-0.2, -0.15) is 0 Å². The van der Waals surface area contributed by atoms with Gasteiger partial charge in [-0.3, -0.25) is 4.90 Å². The first-order valence-corrected chi connectivity index (χ1v) is 8.98. The smallest absolute Gasteiger partial charge is 0.175 e. The minimum atomic E-state index is 0.468. The van der Waals surface area contributed by atoms with Gasteiger partial charge >= 0.3 is 0 Å². The number of ether oxygens (including phenoxy) is 2. The normalized spacial score (nSPS) is 24.3. The second kappa shape index (κ2) is 7.24. The van der Waals surface area contributed by atoms with E-state index < -0.39 is 0 Å². The molecule has 4 nitrogen and oxygen atoms in total. The molecule has 0 saturated carbocycles. The van der Waals surface area contributed by atoms with E-state index >= 15 is 0 Å². The summed E-state index contributed by atoms with van der Waals surface area (Å²) in [4.78, 5) is 2.55. The van der Waals surface area contributed by atoms with Gasteiger partial charge in [-0.1, -0.05) is 12.7 Å². The quantitative estimate of drug-likeness (QED) is 0.768. The van der Waals surface area contributed by atoms with Crippen molar-refractivity contribution in [3.63, 3.8) is 0 Å². The molecular weight excluding hydrogens is 356 g/mol. The lowest BCUT2D eigenvalue weighted by Gasteiger charge is -2.23. The highest BCUT2D eigenvalue weighted by Crippen LogP contribution is 2.39. The van der Waals surface area contributed by atoms with Crippen molar-refractivity contribution in [3.8, 4) is 11.5 Å². The third-order valence-corrected chi connectivity index (χ3v) is 5.48. The molecular formula is C18H25BrN2O2. The monoisotopic (exact) mass is 380 g/mol. The summed E-state index contributed by atoms with van der Waals surface area (Å²) in [5.74, 6) is 1.52. The van der Waals surface area contributed by atoms with Crippen LogP contribution in [0.3, 0.4) is 0 Å². The van der Waals surface area contributed by atoms with Gasteiger partial charge in [0.15, 0.2) is 11.5 Å². The summed E-state index contributed by atoms with van der Waals surface area (Å²) in [7, 11) is 1.68. The van der Waals surface area contributed by atoms with Crippen LogP contribution in [-0.2, 0) is 6.54 Å². The zero-order valence-electron chi connectivity index (χ0n) is 13.7. The molecule has 0 bridgehead atoms. The number of likely N-dealkylation sites (tertiary alicyclic amines) is 1. The number of methoxy groups -OCH3 is 1. The summed E-state index contributed by atoms with van der Waals surface area (Å²) < 4.78 is 12.1. The Hall–Kier alpha value is -1.04. The minimum absolute atomic E-state index is 0.468. The third-order valence-electron chi connectivity index (χ3n) is 4.89. The van der Waals surface area contributed by atoms with Gasteiger partial charge in [-0.25, -0.2) is 0 Å². The van der Waals surface area contributed by atoms with Crippen molar-refractivity contribution in [1.82, 2.24) is 10.2 Å². The van der Waals surface area contributed by atoms with Crippen molar-refractivity contribution >= 4 is 15.9 Å². The summed E-state index contributed by atoms with van der Waals surface area (Å²) in [6, 6.07) is 4.22. The van der Waals surface area contributed by atoms with Crippen molar-refractivity contribution < 1.29 is 9.47 Å². The molecule has 1 aromatic carbocycles. The minimum Gasteiger partial charge on any atom is -0.493 e. The molecule has 1 aromatic rings. The van der Waals surface area contributed by atoms with Crippen molar-refractivity contribution in [2.24, 2.45) is 5.41 Å². The molecule has 2 aliphatic rings. The molecule has 2 aliphatic heterocycles. The highest BCUT2D eigenvalue weighted by molar-refractivity contribution is 9.10. The number of nitrogens with one attached hydrogen (secondary N) is 1. The maximum Gasteiger partial charge on any atom is 0.175 e. The first-order valence-electron chi connectivity index (χ1n) is 8.19. The predicted molar refractivity (Wildman–Crippen MR) is 96.2 cm³/mol. The summed E-state index contributed by atoms with van der Waals surface area (Å²) in [6.45, 7) is 9.82. The molecule has 2 fully saturated rings. The van der Waals surface area contributed by atoms with E-state index in [2.05, 4.69) is 44.9 Å². The van der Waals surface area contributed by atoms with Crippen LogP contribution in [0.25, 0.3) is 0 Å². The van der Waals surface area contributed by atoms with Crippen LogP contribution in [0.5, 0.6) is 11.5 Å². The zero-order valence-corrected chi connectivity index (χ0v) is 15.3. The predicted octanol–water partition coefficient (Wildman–Crippen LogP) is 3.21. The molecule has 0 aliphatic carbocycles. The summed E-state index contributed by atoms with van der Waals surface area (Å²) >= 11 is 3.61. The van der Waals surface area contributed by atoms with Crippen molar-refractivity contribution in [3.05, 3.63) is 34.8 Å². The summed E-state index contributed by atoms with van der Waals surface area (Å²) in [5, 5.41) is 3.52. The molecule has 0 amide bonds. The van der Waals surface area contributed by atoms with Crippen molar-refractivity contribution in [2.45, 2.75) is 19.4 Å². The van der Waals surface area contributed by atoms with Crippen molar-refractivity contribution in [1.29, 1.82) is 0 Å². The van der Waals surface area contributed by atoms with Crippen LogP contribution in [0.1, 0.15) is 18.4 Å². The van der Waals surface area contributed by atoms with Crippen LogP contribution >= 0.6 is 15.9 Å². The Morgan fingerprint density at radius 1 is 1.43 bits per heavy atom. The van der Waals surface area contributed by atoms with Gasteiger partial charge in [-0.15, -0.1) is 0 Å². The Kier molecular flexibility index (Phi) is 5.29. The Morgan fingerprint density at radius 3 is 3.00 bits per heavy atom. The fourth-order valence-corrected chi connectivity index (χ4v) is 4.32. The Balaban J connectivity index is 1.70. The van der Waals surface area contributed by atoms with E-state index in [0.717, 1.165) is 22.5 Å². The number of hydrogen-bond acceptors (Lipinski definition) is 4. The topological polar surface area (TPSA) is 33.7 Å². The van der Waals surface area contributed by atoms with Crippen LogP contribution in [0.15, 0.2) is 29.3 Å². The Bertz CT molecular complexity index is 570. The highest BCUT2D eigenvalue weighted by atomic mass is 79.9. The zero-order chi connectivity index (χ0) is 16.3. The molecule has 3 rings (SSSR count). The molecule has 2 heterocycles. The van der Waals surface area contributed by atoms with Gasteiger partial charge in [0, 0.05) is 19.6 Å². The molecule has 1 unspecified atom stereocenters. The van der Waals surface area contributed by atoms with Gasteiger partial charge in [0.05, 0.1) is 11.6 Å². The van der Waals surface area contributed by atoms with Crippen LogP contribution in [0, 0.1) is 5.41 Å². The summed E-state index contributed by atoms with van der Waals surface area (Å²) in [5.41, 5.74) is 1.76.